The molecule has 1 saturated carbocycles. The number of carbonyl (C=O) groups is 3. The minimum absolute atomic E-state index is 0.0220. The van der Waals surface area contributed by atoms with Crippen LogP contribution in [0.5, 0.6) is 0 Å². The molecule has 6 heteroatoms. The van der Waals surface area contributed by atoms with Crippen LogP contribution in [0.1, 0.15) is 29.3 Å². The van der Waals surface area contributed by atoms with Crippen molar-refractivity contribution in [2.75, 3.05) is 5.32 Å². The average molecular weight is 351 g/mol. The maximum absolute atomic E-state index is 12.2. The van der Waals surface area contributed by atoms with E-state index in [9.17, 15) is 14.4 Å². The van der Waals surface area contributed by atoms with E-state index in [-0.39, 0.29) is 24.2 Å². The highest BCUT2D eigenvalue weighted by molar-refractivity contribution is 5.99. The first-order valence-electron chi connectivity index (χ1n) is 8.57. The standard InChI is InChI=1S/C20H21N3O3/c1-13-10-17(13)20(26)21-16-9-5-8-15(12-16)19(25)23-22-18(24)11-14-6-3-2-4-7-14/h2-9,12-13,17H,10-11H2,1H3,(H,21,26)(H,22,24)(H,23,25). The molecule has 0 bridgehead atoms. The Kier molecular flexibility index (Phi) is 5.31. The molecule has 2 atom stereocenters. The Balaban J connectivity index is 1.52. The molecule has 1 aliphatic rings. The summed E-state index contributed by atoms with van der Waals surface area (Å²) in [6.45, 7) is 2.03. The Hall–Kier alpha value is -3.15. The zero-order chi connectivity index (χ0) is 18.5. The molecule has 2 aromatic rings. The summed E-state index contributed by atoms with van der Waals surface area (Å²) in [5.74, 6) is -0.295. The summed E-state index contributed by atoms with van der Waals surface area (Å²) in [4.78, 5) is 36.1. The van der Waals surface area contributed by atoms with Gasteiger partial charge in [-0.05, 0) is 36.1 Å². The van der Waals surface area contributed by atoms with E-state index in [0.29, 0.717) is 17.2 Å². The molecule has 0 spiro atoms. The lowest BCUT2D eigenvalue weighted by molar-refractivity contribution is -0.121. The lowest BCUT2D eigenvalue weighted by atomic mass is 10.1. The van der Waals surface area contributed by atoms with Gasteiger partial charge in [-0.1, -0.05) is 43.3 Å². The van der Waals surface area contributed by atoms with Crippen LogP contribution in [0.4, 0.5) is 5.69 Å². The van der Waals surface area contributed by atoms with Crippen LogP contribution in [0.15, 0.2) is 54.6 Å². The van der Waals surface area contributed by atoms with Crippen molar-refractivity contribution in [1.29, 1.82) is 0 Å². The monoisotopic (exact) mass is 351 g/mol. The van der Waals surface area contributed by atoms with E-state index in [1.807, 2.05) is 37.3 Å². The van der Waals surface area contributed by atoms with E-state index in [0.717, 1.165) is 12.0 Å². The first-order chi connectivity index (χ1) is 12.5. The molecular formula is C20H21N3O3. The van der Waals surface area contributed by atoms with E-state index in [4.69, 9.17) is 0 Å². The lowest BCUT2D eigenvalue weighted by Crippen LogP contribution is -2.42. The van der Waals surface area contributed by atoms with Crippen LogP contribution >= 0.6 is 0 Å². The second-order valence-corrected chi connectivity index (χ2v) is 6.55. The van der Waals surface area contributed by atoms with E-state index < -0.39 is 5.91 Å². The van der Waals surface area contributed by atoms with Gasteiger partial charge in [-0.2, -0.15) is 0 Å². The molecule has 0 radical (unpaired) electrons. The van der Waals surface area contributed by atoms with Crippen molar-refractivity contribution in [3.8, 4) is 0 Å². The van der Waals surface area contributed by atoms with E-state index >= 15 is 0 Å². The second kappa shape index (κ2) is 7.82. The van der Waals surface area contributed by atoms with Gasteiger partial charge in [0.2, 0.25) is 11.8 Å². The normalized spacial score (nSPS) is 17.9. The Labute approximate surface area is 152 Å². The van der Waals surface area contributed by atoms with Crippen molar-refractivity contribution in [3.63, 3.8) is 0 Å². The van der Waals surface area contributed by atoms with E-state index in [1.54, 1.807) is 24.3 Å². The number of nitrogens with one attached hydrogen (secondary N) is 3. The minimum Gasteiger partial charge on any atom is -0.326 e. The van der Waals surface area contributed by atoms with Crippen LogP contribution in [0.3, 0.4) is 0 Å². The third-order valence-corrected chi connectivity index (χ3v) is 4.36. The summed E-state index contributed by atoms with van der Waals surface area (Å²) >= 11 is 0. The van der Waals surface area contributed by atoms with Crippen molar-refractivity contribution in [2.24, 2.45) is 11.8 Å². The molecular weight excluding hydrogens is 330 g/mol. The molecule has 0 aliphatic heterocycles. The number of hydrazine groups is 1. The van der Waals surface area contributed by atoms with Gasteiger partial charge in [0.25, 0.3) is 5.91 Å². The van der Waals surface area contributed by atoms with Crippen LogP contribution in [-0.4, -0.2) is 17.7 Å². The summed E-state index contributed by atoms with van der Waals surface area (Å²) in [6.07, 6.45) is 1.08. The molecule has 6 nitrogen and oxygen atoms in total. The fraction of sp³-hybridized carbons (Fsp3) is 0.250. The number of amides is 3. The Morgan fingerprint density at radius 3 is 2.42 bits per heavy atom. The first-order valence-corrected chi connectivity index (χ1v) is 8.57. The van der Waals surface area contributed by atoms with Gasteiger partial charge >= 0.3 is 0 Å². The highest BCUT2D eigenvalue weighted by Gasteiger charge is 2.39. The van der Waals surface area contributed by atoms with Crippen molar-refractivity contribution in [1.82, 2.24) is 10.9 Å². The summed E-state index contributed by atoms with van der Waals surface area (Å²) in [5.41, 5.74) is 6.57. The van der Waals surface area contributed by atoms with Gasteiger partial charge in [-0.15, -0.1) is 0 Å². The van der Waals surface area contributed by atoms with Crippen molar-refractivity contribution in [2.45, 2.75) is 19.8 Å². The molecule has 26 heavy (non-hydrogen) atoms. The summed E-state index contributed by atoms with van der Waals surface area (Å²) in [7, 11) is 0. The van der Waals surface area contributed by atoms with E-state index in [1.165, 1.54) is 0 Å². The zero-order valence-electron chi connectivity index (χ0n) is 14.5. The Morgan fingerprint density at radius 2 is 1.73 bits per heavy atom. The number of anilines is 1. The number of benzene rings is 2. The minimum atomic E-state index is -0.442. The van der Waals surface area contributed by atoms with Gasteiger partial charge in [0.05, 0.1) is 6.42 Å². The smallest absolute Gasteiger partial charge is 0.269 e. The van der Waals surface area contributed by atoms with Crippen LogP contribution in [0.2, 0.25) is 0 Å². The van der Waals surface area contributed by atoms with Gasteiger partial charge in [0.1, 0.15) is 0 Å². The lowest BCUT2D eigenvalue weighted by Gasteiger charge is -2.09. The molecule has 0 saturated heterocycles. The molecule has 1 aliphatic carbocycles. The highest BCUT2D eigenvalue weighted by atomic mass is 16.2. The molecule has 1 fully saturated rings. The van der Waals surface area contributed by atoms with Crippen molar-refractivity contribution in [3.05, 3.63) is 65.7 Å². The molecule has 2 unspecified atom stereocenters. The number of hydrogen-bond acceptors (Lipinski definition) is 3. The SMILES string of the molecule is CC1CC1C(=O)Nc1cccc(C(=O)NNC(=O)Cc2ccccc2)c1. The molecule has 3 rings (SSSR count). The van der Waals surface area contributed by atoms with Crippen LogP contribution in [0.25, 0.3) is 0 Å². The van der Waals surface area contributed by atoms with E-state index in [2.05, 4.69) is 16.2 Å². The summed E-state index contributed by atoms with van der Waals surface area (Å²) < 4.78 is 0. The topological polar surface area (TPSA) is 87.3 Å². The summed E-state index contributed by atoms with van der Waals surface area (Å²) in [6, 6.07) is 15.9. The molecule has 2 aromatic carbocycles. The highest BCUT2D eigenvalue weighted by Crippen LogP contribution is 2.38. The predicted molar refractivity (Wildman–Crippen MR) is 98.1 cm³/mol. The number of hydrogen-bond donors (Lipinski definition) is 3. The fourth-order valence-corrected chi connectivity index (χ4v) is 2.68. The largest absolute Gasteiger partial charge is 0.326 e. The quantitative estimate of drug-likeness (QED) is 0.722. The zero-order valence-corrected chi connectivity index (χ0v) is 14.5. The second-order valence-electron chi connectivity index (χ2n) is 6.55. The number of rotatable bonds is 5. The van der Waals surface area contributed by atoms with Gasteiger partial charge in [0, 0.05) is 17.2 Å². The van der Waals surface area contributed by atoms with Crippen LogP contribution in [0, 0.1) is 11.8 Å². The maximum atomic E-state index is 12.2. The van der Waals surface area contributed by atoms with Gasteiger partial charge in [-0.25, -0.2) is 0 Å². The van der Waals surface area contributed by atoms with Gasteiger partial charge in [-0.3, -0.25) is 25.2 Å². The third-order valence-electron chi connectivity index (χ3n) is 4.36. The molecule has 0 heterocycles. The summed E-state index contributed by atoms with van der Waals surface area (Å²) in [5, 5.41) is 2.82. The maximum Gasteiger partial charge on any atom is 0.269 e. The molecule has 134 valence electrons. The number of carbonyl (C=O) groups excluding carboxylic acids is 3. The Morgan fingerprint density at radius 1 is 1.00 bits per heavy atom. The first kappa shape index (κ1) is 17.7. The molecule has 3 N–H and O–H groups in total. The Bertz CT molecular complexity index is 820. The third kappa shape index (κ3) is 4.69. The predicted octanol–water partition coefficient (Wildman–Crippen LogP) is 2.28. The van der Waals surface area contributed by atoms with Crippen molar-refractivity contribution < 1.29 is 14.4 Å². The van der Waals surface area contributed by atoms with Crippen LogP contribution < -0.4 is 16.2 Å². The molecule has 3 amide bonds. The van der Waals surface area contributed by atoms with Crippen LogP contribution in [-0.2, 0) is 16.0 Å². The van der Waals surface area contributed by atoms with Crippen molar-refractivity contribution >= 4 is 23.4 Å². The fourth-order valence-electron chi connectivity index (χ4n) is 2.68. The molecule has 0 aromatic heterocycles. The van der Waals surface area contributed by atoms with Gasteiger partial charge in [0.15, 0.2) is 0 Å². The average Bonchev–Trinajstić information content (AvgIpc) is 3.38. The van der Waals surface area contributed by atoms with Gasteiger partial charge < -0.3 is 5.32 Å².